The molecule has 10 heteroatoms. The molecule has 5 aromatic rings. The van der Waals surface area contributed by atoms with Crippen molar-refractivity contribution in [1.29, 1.82) is 0 Å². The van der Waals surface area contributed by atoms with Crippen molar-refractivity contribution < 1.29 is 13.7 Å². The molecule has 0 aliphatic carbocycles. The molecule has 0 radical (unpaired) electrons. The highest BCUT2D eigenvalue weighted by molar-refractivity contribution is 7.22. The van der Waals surface area contributed by atoms with E-state index in [0.717, 1.165) is 11.1 Å². The van der Waals surface area contributed by atoms with Crippen molar-refractivity contribution in [2.75, 3.05) is 5.32 Å². The van der Waals surface area contributed by atoms with Crippen molar-refractivity contribution in [2.24, 2.45) is 0 Å². The molecule has 0 saturated carbocycles. The molecule has 3 aromatic heterocycles. The number of hydrogen-bond donors (Lipinski definition) is 1. The van der Waals surface area contributed by atoms with Crippen LogP contribution < -0.4 is 10.9 Å². The molecule has 2 aromatic carbocycles. The minimum atomic E-state index is -0.428. The van der Waals surface area contributed by atoms with Crippen LogP contribution in [0.4, 0.5) is 10.1 Å². The number of carbonyl (C=O) groups is 1. The van der Waals surface area contributed by atoms with Crippen LogP contribution in [0.5, 0.6) is 0 Å². The van der Waals surface area contributed by atoms with E-state index in [1.54, 1.807) is 6.92 Å². The molecule has 170 valence electrons. The van der Waals surface area contributed by atoms with E-state index in [0.29, 0.717) is 38.1 Å². The number of rotatable bonds is 5. The van der Waals surface area contributed by atoms with Gasteiger partial charge in [0.05, 0.1) is 16.6 Å². The van der Waals surface area contributed by atoms with Gasteiger partial charge in [0.15, 0.2) is 0 Å². The summed E-state index contributed by atoms with van der Waals surface area (Å²) in [5, 5.41) is 7.10. The zero-order chi connectivity index (χ0) is 23.8. The van der Waals surface area contributed by atoms with Crippen LogP contribution in [0.3, 0.4) is 0 Å². The molecule has 0 spiro atoms. The van der Waals surface area contributed by atoms with Crippen LogP contribution in [-0.4, -0.2) is 25.6 Å². The summed E-state index contributed by atoms with van der Waals surface area (Å²) in [5.74, 6) is -0.0757. The Morgan fingerprint density at radius 3 is 2.59 bits per heavy atom. The van der Waals surface area contributed by atoms with Crippen LogP contribution >= 0.6 is 11.3 Å². The van der Waals surface area contributed by atoms with Gasteiger partial charge in [-0.3, -0.25) is 14.2 Å². The molecule has 34 heavy (non-hydrogen) atoms. The Kier molecular flexibility index (Phi) is 5.50. The first kappa shape index (κ1) is 21.7. The predicted molar refractivity (Wildman–Crippen MR) is 127 cm³/mol. The zero-order valence-electron chi connectivity index (χ0n) is 18.2. The van der Waals surface area contributed by atoms with Gasteiger partial charge in [-0.2, -0.15) is 4.98 Å². The molecular weight excluding hydrogens is 457 g/mol. The lowest BCUT2D eigenvalue weighted by atomic mass is 10.1. The van der Waals surface area contributed by atoms with E-state index < -0.39 is 11.7 Å². The second kappa shape index (κ2) is 8.64. The van der Waals surface area contributed by atoms with Crippen LogP contribution in [0.2, 0.25) is 0 Å². The predicted octanol–water partition coefficient (Wildman–Crippen LogP) is 4.57. The molecule has 1 N–H and O–H groups in total. The molecule has 0 unspecified atom stereocenters. The zero-order valence-corrected chi connectivity index (χ0v) is 19.0. The first-order chi connectivity index (χ1) is 16.4. The monoisotopic (exact) mass is 475 g/mol. The number of hydrogen-bond acceptors (Lipinski definition) is 7. The lowest BCUT2D eigenvalue weighted by Crippen LogP contribution is -2.27. The third-order valence-corrected chi connectivity index (χ3v) is 6.48. The number of nitrogens with zero attached hydrogens (tertiary/aromatic N) is 4. The summed E-state index contributed by atoms with van der Waals surface area (Å²) in [6, 6.07) is 13.1. The Hall–Kier alpha value is -4.18. The lowest BCUT2D eigenvalue weighted by Gasteiger charge is -2.07. The minimum Gasteiger partial charge on any atom is -0.333 e. The van der Waals surface area contributed by atoms with E-state index in [9.17, 15) is 14.0 Å². The summed E-state index contributed by atoms with van der Waals surface area (Å²) in [6.07, 6.45) is 1.33. The average Bonchev–Trinajstić information content (AvgIpc) is 3.43. The summed E-state index contributed by atoms with van der Waals surface area (Å²) < 4.78 is 19.8. The number of aromatic nitrogens is 4. The number of benzene rings is 2. The number of aryl methyl sites for hydroxylation is 2. The third-order valence-electron chi connectivity index (χ3n) is 5.29. The van der Waals surface area contributed by atoms with Gasteiger partial charge in [-0.05, 0) is 43.7 Å². The maximum atomic E-state index is 13.1. The topological polar surface area (TPSA) is 103 Å². The van der Waals surface area contributed by atoms with E-state index in [2.05, 4.69) is 20.4 Å². The Morgan fingerprint density at radius 2 is 1.85 bits per heavy atom. The summed E-state index contributed by atoms with van der Waals surface area (Å²) in [7, 11) is 0. The average molecular weight is 476 g/mol. The fourth-order valence-corrected chi connectivity index (χ4v) is 4.56. The molecule has 5 rings (SSSR count). The fourth-order valence-electron chi connectivity index (χ4n) is 3.50. The maximum Gasteiger partial charge on any atom is 0.268 e. The molecule has 1 amide bonds. The number of anilines is 1. The third kappa shape index (κ3) is 4.11. The van der Waals surface area contributed by atoms with Crippen LogP contribution in [-0.2, 0) is 11.3 Å². The number of thiophene rings is 1. The lowest BCUT2D eigenvalue weighted by molar-refractivity contribution is -0.116. The first-order valence-corrected chi connectivity index (χ1v) is 11.2. The smallest absolute Gasteiger partial charge is 0.268 e. The second-order valence-corrected chi connectivity index (χ2v) is 8.76. The van der Waals surface area contributed by atoms with Gasteiger partial charge < -0.3 is 9.84 Å². The summed E-state index contributed by atoms with van der Waals surface area (Å²) in [4.78, 5) is 35.5. The van der Waals surface area contributed by atoms with Crippen LogP contribution in [0.25, 0.3) is 32.4 Å². The number of nitrogens with one attached hydrogen (secondary N) is 1. The van der Waals surface area contributed by atoms with Crippen molar-refractivity contribution in [3.63, 3.8) is 0 Å². The minimum absolute atomic E-state index is 0.234. The maximum absolute atomic E-state index is 13.1. The number of halogens is 1. The quantitative estimate of drug-likeness (QED) is 0.399. The molecule has 0 fully saturated rings. The number of carbonyl (C=O) groups excluding carboxylic acids is 1. The molecule has 0 bridgehead atoms. The van der Waals surface area contributed by atoms with Gasteiger partial charge in [-0.15, -0.1) is 11.3 Å². The highest BCUT2D eigenvalue weighted by Gasteiger charge is 2.21. The SMILES string of the molecule is Cc1ccc(-c2noc(-c3sc4ncn(CC(=O)Nc5ccc(F)cc5)c(=O)c4c3C)n2)cc1. The van der Waals surface area contributed by atoms with Gasteiger partial charge in [0.2, 0.25) is 11.7 Å². The van der Waals surface area contributed by atoms with Gasteiger partial charge in [-0.25, -0.2) is 9.37 Å². The van der Waals surface area contributed by atoms with E-state index in [4.69, 9.17) is 4.52 Å². The van der Waals surface area contributed by atoms with E-state index in [1.807, 2.05) is 31.2 Å². The molecule has 0 aliphatic heterocycles. The number of amides is 1. The molecular formula is C24H18FN5O3S. The van der Waals surface area contributed by atoms with Crippen LogP contribution in [0.1, 0.15) is 11.1 Å². The second-order valence-electron chi connectivity index (χ2n) is 7.76. The standard InChI is InChI=1S/C24H18FN5O3S/c1-13-3-5-15(6-4-13)21-28-22(33-29-21)20-14(2)19-23(34-20)26-12-30(24(19)32)11-18(31)27-17-9-7-16(25)8-10-17/h3-10,12H,11H2,1-2H3,(H,27,31). The van der Waals surface area contributed by atoms with Gasteiger partial charge in [0, 0.05) is 11.3 Å². The van der Waals surface area contributed by atoms with Gasteiger partial charge in [-0.1, -0.05) is 35.0 Å². The highest BCUT2D eigenvalue weighted by Crippen LogP contribution is 2.35. The Bertz CT molecular complexity index is 1570. The van der Waals surface area contributed by atoms with Gasteiger partial charge in [0.1, 0.15) is 17.2 Å². The highest BCUT2D eigenvalue weighted by atomic mass is 32.1. The Morgan fingerprint density at radius 1 is 1.12 bits per heavy atom. The van der Waals surface area contributed by atoms with Crippen molar-refractivity contribution in [3.05, 3.63) is 82.2 Å². The van der Waals surface area contributed by atoms with Gasteiger partial charge >= 0.3 is 0 Å². The first-order valence-electron chi connectivity index (χ1n) is 10.3. The molecule has 0 atom stereocenters. The van der Waals surface area contributed by atoms with Crippen LogP contribution in [0.15, 0.2) is 64.2 Å². The molecule has 3 heterocycles. The van der Waals surface area contributed by atoms with E-state index >= 15 is 0 Å². The summed E-state index contributed by atoms with van der Waals surface area (Å²) >= 11 is 1.28. The van der Waals surface area contributed by atoms with Crippen LogP contribution in [0, 0.1) is 19.7 Å². The Labute approximate surface area is 196 Å². The van der Waals surface area contributed by atoms with Crippen molar-refractivity contribution in [1.82, 2.24) is 19.7 Å². The van der Waals surface area contributed by atoms with E-state index in [1.165, 1.54) is 46.5 Å². The largest absolute Gasteiger partial charge is 0.333 e. The van der Waals surface area contributed by atoms with E-state index in [-0.39, 0.29) is 12.1 Å². The van der Waals surface area contributed by atoms with Crippen molar-refractivity contribution >= 4 is 33.1 Å². The van der Waals surface area contributed by atoms with Crippen molar-refractivity contribution in [2.45, 2.75) is 20.4 Å². The van der Waals surface area contributed by atoms with Crippen molar-refractivity contribution in [3.8, 4) is 22.2 Å². The summed E-state index contributed by atoms with van der Waals surface area (Å²) in [6.45, 7) is 3.55. The number of fused-ring (bicyclic) bond motifs is 1. The summed E-state index contributed by atoms with van der Waals surface area (Å²) in [5.41, 5.74) is 2.69. The normalized spacial score (nSPS) is 11.1. The Balaban J connectivity index is 1.43. The molecule has 0 saturated heterocycles. The fraction of sp³-hybridized carbons (Fsp3) is 0.125. The van der Waals surface area contributed by atoms with Gasteiger partial charge in [0.25, 0.3) is 11.4 Å². The molecule has 8 nitrogen and oxygen atoms in total. The molecule has 0 aliphatic rings.